The molecule has 2 N–H and O–H groups in total. The lowest BCUT2D eigenvalue weighted by Gasteiger charge is -2.33. The van der Waals surface area contributed by atoms with Crippen LogP contribution in [0.3, 0.4) is 0 Å². The van der Waals surface area contributed by atoms with Gasteiger partial charge in [-0.05, 0) is 38.0 Å². The molecule has 30 heavy (non-hydrogen) atoms. The van der Waals surface area contributed by atoms with Gasteiger partial charge in [0.25, 0.3) is 10.0 Å². The van der Waals surface area contributed by atoms with E-state index in [0.717, 1.165) is 28.6 Å². The molecule has 10 heteroatoms. The Morgan fingerprint density at radius 3 is 2.57 bits per heavy atom. The molecule has 9 nitrogen and oxygen atoms in total. The molecule has 2 fully saturated rings. The predicted molar refractivity (Wildman–Crippen MR) is 113 cm³/mol. The third-order valence-corrected chi connectivity index (χ3v) is 7.12. The fourth-order valence-electron chi connectivity index (χ4n) is 4.02. The molecule has 0 unspecified atom stereocenters. The Balaban J connectivity index is 1.34. The van der Waals surface area contributed by atoms with Crippen molar-refractivity contribution in [3.05, 3.63) is 54.5 Å². The van der Waals surface area contributed by atoms with Crippen LogP contribution in [-0.2, 0) is 10.0 Å². The van der Waals surface area contributed by atoms with Crippen molar-refractivity contribution in [3.63, 3.8) is 0 Å². The summed E-state index contributed by atoms with van der Waals surface area (Å²) in [5.74, 6) is 1.27. The van der Waals surface area contributed by atoms with Crippen molar-refractivity contribution in [1.82, 2.24) is 24.5 Å². The second kappa shape index (κ2) is 7.37. The van der Waals surface area contributed by atoms with Gasteiger partial charge in [-0.1, -0.05) is 17.7 Å². The average molecular weight is 426 g/mol. The summed E-state index contributed by atoms with van der Waals surface area (Å²) in [5.41, 5.74) is 1.49. The van der Waals surface area contributed by atoms with E-state index in [-0.39, 0.29) is 4.90 Å². The zero-order valence-electron chi connectivity index (χ0n) is 16.6. The maximum atomic E-state index is 12.8. The van der Waals surface area contributed by atoms with Crippen LogP contribution in [0.2, 0.25) is 0 Å². The molecule has 1 aromatic carbocycles. The van der Waals surface area contributed by atoms with E-state index in [9.17, 15) is 8.42 Å². The summed E-state index contributed by atoms with van der Waals surface area (Å²) in [5, 5.41) is 10.7. The van der Waals surface area contributed by atoms with Gasteiger partial charge >= 0.3 is 0 Å². The summed E-state index contributed by atoms with van der Waals surface area (Å²) in [6.45, 7) is 3.77. The molecular weight excluding hydrogens is 402 g/mol. The predicted octanol–water partition coefficient (Wildman–Crippen LogP) is 1.90. The number of hydrogen-bond donors (Lipinski definition) is 2. The Hall–Kier alpha value is -2.98. The van der Waals surface area contributed by atoms with Gasteiger partial charge in [-0.2, -0.15) is 22.6 Å². The summed E-state index contributed by atoms with van der Waals surface area (Å²) >= 11 is 0. The molecule has 0 spiro atoms. The molecule has 0 saturated carbocycles. The standard InChI is InChI=1S/C20H23N7O2S/c1-14-2-6-18(7-3-14)30(28,29)27-13-17(10-22-27)24-20-21-9-8-19(25-20)26-11-15-4-5-16(12-26)23-15/h2-3,6-10,13,15-16,23H,4-5,11-12H2,1H3,(H,21,24,25)/t15-,16+. The largest absolute Gasteiger partial charge is 0.353 e. The number of aryl methyl sites for hydroxylation is 1. The van der Waals surface area contributed by atoms with Gasteiger partial charge in [-0.3, -0.25) is 0 Å². The number of piperazine rings is 1. The summed E-state index contributed by atoms with van der Waals surface area (Å²) < 4.78 is 26.5. The lowest BCUT2D eigenvalue weighted by Crippen LogP contribution is -2.51. The molecule has 3 aromatic rings. The minimum absolute atomic E-state index is 0.189. The van der Waals surface area contributed by atoms with Crippen molar-refractivity contribution in [2.24, 2.45) is 0 Å². The van der Waals surface area contributed by atoms with Crippen molar-refractivity contribution >= 4 is 27.5 Å². The maximum Gasteiger partial charge on any atom is 0.283 e. The fraction of sp³-hybridized carbons (Fsp3) is 0.350. The molecule has 2 bridgehead atoms. The molecule has 0 amide bonds. The van der Waals surface area contributed by atoms with Crippen LogP contribution in [0.15, 0.2) is 53.8 Å². The van der Waals surface area contributed by atoms with E-state index in [4.69, 9.17) is 0 Å². The number of aromatic nitrogens is 4. The lowest BCUT2D eigenvalue weighted by molar-refractivity contribution is 0.463. The van der Waals surface area contributed by atoms with E-state index >= 15 is 0 Å². The molecule has 2 saturated heterocycles. The van der Waals surface area contributed by atoms with Crippen molar-refractivity contribution in [1.29, 1.82) is 0 Å². The highest BCUT2D eigenvalue weighted by atomic mass is 32.2. The normalized spacial score (nSPS) is 21.0. The SMILES string of the molecule is Cc1ccc(S(=O)(=O)n2cc(Nc3nccc(N4C[C@H]5CC[C@@H](C4)N5)n3)cn2)cc1. The Labute approximate surface area is 175 Å². The Bertz CT molecular complexity index is 1150. The summed E-state index contributed by atoms with van der Waals surface area (Å²) in [4.78, 5) is 11.4. The molecule has 0 aliphatic carbocycles. The fourth-order valence-corrected chi connectivity index (χ4v) is 5.14. The summed E-state index contributed by atoms with van der Waals surface area (Å²) in [6.07, 6.45) is 6.99. The molecule has 0 radical (unpaired) electrons. The average Bonchev–Trinajstić information content (AvgIpc) is 3.35. The number of anilines is 3. The third kappa shape index (κ3) is 3.63. The van der Waals surface area contributed by atoms with Crippen LogP contribution >= 0.6 is 0 Å². The van der Waals surface area contributed by atoms with E-state index in [1.165, 1.54) is 25.2 Å². The minimum atomic E-state index is -3.75. The smallest absolute Gasteiger partial charge is 0.283 e. The van der Waals surface area contributed by atoms with E-state index < -0.39 is 10.0 Å². The van der Waals surface area contributed by atoms with Crippen molar-refractivity contribution < 1.29 is 8.42 Å². The highest BCUT2D eigenvalue weighted by molar-refractivity contribution is 7.89. The summed E-state index contributed by atoms with van der Waals surface area (Å²) in [6, 6.07) is 9.61. The van der Waals surface area contributed by atoms with Crippen LogP contribution in [0.1, 0.15) is 18.4 Å². The van der Waals surface area contributed by atoms with Crippen LogP contribution in [0.25, 0.3) is 0 Å². The van der Waals surface area contributed by atoms with Gasteiger partial charge in [-0.15, -0.1) is 0 Å². The molecule has 2 aliphatic heterocycles. The Morgan fingerprint density at radius 2 is 1.83 bits per heavy atom. The molecule has 2 atom stereocenters. The van der Waals surface area contributed by atoms with Crippen molar-refractivity contribution in [2.75, 3.05) is 23.3 Å². The molecule has 5 rings (SSSR count). The van der Waals surface area contributed by atoms with Crippen molar-refractivity contribution in [2.45, 2.75) is 36.7 Å². The molecule has 4 heterocycles. The van der Waals surface area contributed by atoms with Gasteiger partial charge in [0.15, 0.2) is 0 Å². The van der Waals surface area contributed by atoms with E-state index in [2.05, 4.69) is 30.6 Å². The number of hydrogen-bond acceptors (Lipinski definition) is 8. The van der Waals surface area contributed by atoms with Gasteiger partial charge in [0.1, 0.15) is 5.82 Å². The van der Waals surface area contributed by atoms with E-state index in [1.807, 2.05) is 13.0 Å². The van der Waals surface area contributed by atoms with Crippen LogP contribution < -0.4 is 15.5 Å². The highest BCUT2D eigenvalue weighted by Gasteiger charge is 2.32. The first kappa shape index (κ1) is 19.0. The van der Waals surface area contributed by atoms with Gasteiger partial charge < -0.3 is 15.5 Å². The molecule has 2 aromatic heterocycles. The number of nitrogens with one attached hydrogen (secondary N) is 2. The van der Waals surface area contributed by atoms with Crippen molar-refractivity contribution in [3.8, 4) is 0 Å². The quantitative estimate of drug-likeness (QED) is 0.639. The third-order valence-electron chi connectivity index (χ3n) is 5.56. The van der Waals surface area contributed by atoms with Crippen LogP contribution in [-0.4, -0.2) is 52.7 Å². The second-order valence-electron chi connectivity index (χ2n) is 7.83. The van der Waals surface area contributed by atoms with Gasteiger partial charge in [0, 0.05) is 31.4 Å². The van der Waals surface area contributed by atoms with E-state index in [0.29, 0.717) is 23.7 Å². The van der Waals surface area contributed by atoms with Crippen LogP contribution in [0.5, 0.6) is 0 Å². The highest BCUT2D eigenvalue weighted by Crippen LogP contribution is 2.25. The molecular formula is C20H23N7O2S. The molecule has 2 aliphatic rings. The first-order chi connectivity index (χ1) is 14.5. The number of nitrogens with zero attached hydrogens (tertiary/aromatic N) is 5. The monoisotopic (exact) mass is 425 g/mol. The number of fused-ring (bicyclic) bond motifs is 2. The van der Waals surface area contributed by atoms with Gasteiger partial charge in [0.2, 0.25) is 5.95 Å². The first-order valence-corrected chi connectivity index (χ1v) is 11.4. The number of benzene rings is 1. The van der Waals surface area contributed by atoms with E-state index in [1.54, 1.807) is 30.5 Å². The topological polar surface area (TPSA) is 105 Å². The van der Waals surface area contributed by atoms with Crippen LogP contribution in [0, 0.1) is 6.92 Å². The minimum Gasteiger partial charge on any atom is -0.353 e. The second-order valence-corrected chi connectivity index (χ2v) is 9.62. The lowest BCUT2D eigenvalue weighted by atomic mass is 10.2. The number of rotatable bonds is 5. The Kier molecular flexibility index (Phi) is 4.67. The zero-order valence-corrected chi connectivity index (χ0v) is 17.4. The zero-order chi connectivity index (χ0) is 20.7. The van der Waals surface area contributed by atoms with Gasteiger partial charge in [0.05, 0.1) is 23.0 Å². The van der Waals surface area contributed by atoms with Crippen LogP contribution in [0.4, 0.5) is 17.5 Å². The Morgan fingerprint density at radius 1 is 1.10 bits per heavy atom. The maximum absolute atomic E-state index is 12.8. The van der Waals surface area contributed by atoms with Gasteiger partial charge in [-0.25, -0.2) is 4.98 Å². The first-order valence-electron chi connectivity index (χ1n) is 9.95. The molecule has 156 valence electrons. The summed E-state index contributed by atoms with van der Waals surface area (Å²) in [7, 11) is -3.75.